The molecule has 0 amide bonds. The highest BCUT2D eigenvalue weighted by atomic mass is 28.2. The number of nitrogens with one attached hydrogen (secondary N) is 1. The second-order valence-electron chi connectivity index (χ2n) is 3.17. The lowest BCUT2D eigenvalue weighted by Crippen LogP contribution is -2.35. The lowest BCUT2D eigenvalue weighted by atomic mass is 10.4. The summed E-state index contributed by atoms with van der Waals surface area (Å²) in [5, 5.41) is 0. The first kappa shape index (κ1) is 12.1. The Hall–Kier alpha value is 0.137. The van der Waals surface area contributed by atoms with E-state index in [0.717, 1.165) is 6.67 Å². The lowest BCUT2D eigenvalue weighted by molar-refractivity contribution is 0.301. The maximum Gasteiger partial charge on any atom is 0.0930 e. The molecule has 0 rings (SSSR count). The van der Waals surface area contributed by atoms with Crippen LogP contribution in [0.3, 0.4) is 0 Å². The van der Waals surface area contributed by atoms with E-state index in [1.54, 1.807) is 0 Å². The van der Waals surface area contributed by atoms with Crippen LogP contribution in [0.2, 0.25) is 6.04 Å². The first-order chi connectivity index (χ1) is 5.85. The molecule has 74 valence electrons. The fraction of sp³-hybridized carbons (Fsp3) is 1.00. The lowest BCUT2D eigenvalue weighted by Gasteiger charge is -2.18. The van der Waals surface area contributed by atoms with Crippen molar-refractivity contribution in [2.24, 2.45) is 0 Å². The van der Waals surface area contributed by atoms with E-state index < -0.39 is 0 Å². The first-order valence-corrected chi connectivity index (χ1v) is 6.98. The van der Waals surface area contributed by atoms with Crippen molar-refractivity contribution in [3.8, 4) is 0 Å². The van der Waals surface area contributed by atoms with Gasteiger partial charge in [0.15, 0.2) is 0 Å². The predicted octanol–water partition coefficient (Wildman–Crippen LogP) is 1.18. The average Bonchev–Trinajstić information content (AvgIpc) is 2.11. The quantitative estimate of drug-likeness (QED) is 0.349. The van der Waals surface area contributed by atoms with E-state index in [0.29, 0.717) is 0 Å². The van der Waals surface area contributed by atoms with Gasteiger partial charge in [-0.05, 0) is 19.1 Å². The molecule has 0 saturated carbocycles. The molecule has 1 N–H and O–H groups in total. The minimum atomic E-state index is 0.0472. The largest absolute Gasteiger partial charge is 0.331 e. The Morgan fingerprint density at radius 3 is 2.33 bits per heavy atom. The van der Waals surface area contributed by atoms with Gasteiger partial charge in [-0.15, -0.1) is 0 Å². The zero-order valence-corrected chi connectivity index (χ0v) is 10.3. The maximum atomic E-state index is 3.59. The van der Waals surface area contributed by atoms with Crippen molar-refractivity contribution in [3.05, 3.63) is 0 Å². The van der Waals surface area contributed by atoms with E-state index in [1.165, 1.54) is 32.0 Å². The van der Waals surface area contributed by atoms with Crippen LogP contribution in [0.25, 0.3) is 0 Å². The van der Waals surface area contributed by atoms with Crippen LogP contribution in [0.5, 0.6) is 0 Å². The molecule has 0 aliphatic carbocycles. The van der Waals surface area contributed by atoms with E-state index in [-0.39, 0.29) is 9.68 Å². The van der Waals surface area contributed by atoms with Crippen LogP contribution in [0.1, 0.15) is 33.6 Å². The Morgan fingerprint density at radius 2 is 1.83 bits per heavy atom. The molecule has 0 fully saturated rings. The molecule has 0 aromatic carbocycles. The molecule has 0 unspecified atom stereocenters. The normalized spacial score (nSPS) is 12.0. The van der Waals surface area contributed by atoms with Gasteiger partial charge in [-0.3, -0.25) is 4.90 Å². The van der Waals surface area contributed by atoms with Gasteiger partial charge in [0.25, 0.3) is 0 Å². The van der Waals surface area contributed by atoms with Crippen LogP contribution < -0.4 is 4.98 Å². The van der Waals surface area contributed by atoms with Gasteiger partial charge >= 0.3 is 0 Å². The summed E-state index contributed by atoms with van der Waals surface area (Å²) < 4.78 is 0. The molecular weight excluding hydrogens is 164 g/mol. The van der Waals surface area contributed by atoms with Gasteiger partial charge < -0.3 is 4.98 Å². The summed E-state index contributed by atoms with van der Waals surface area (Å²) in [4.78, 5) is 6.02. The van der Waals surface area contributed by atoms with Crippen LogP contribution in [-0.2, 0) is 0 Å². The van der Waals surface area contributed by atoms with Gasteiger partial charge in [0.1, 0.15) is 0 Å². The Bertz CT molecular complexity index is 84.6. The number of nitrogens with zero attached hydrogens (tertiary/aromatic N) is 1. The molecule has 0 aliphatic rings. The highest BCUT2D eigenvalue weighted by molar-refractivity contribution is 6.31. The summed E-state index contributed by atoms with van der Waals surface area (Å²) in [6.07, 6.45) is 2.76. The fourth-order valence-corrected chi connectivity index (χ4v) is 2.66. The summed E-state index contributed by atoms with van der Waals surface area (Å²) in [6, 6.07) is 1.46. The zero-order valence-electron chi connectivity index (χ0n) is 8.90. The SMILES string of the molecule is CCCC[SiH2]NCN(CC)CC. The topological polar surface area (TPSA) is 15.3 Å². The number of unbranched alkanes of at least 4 members (excludes halogenated alkanes) is 1. The monoisotopic (exact) mass is 188 g/mol. The Morgan fingerprint density at radius 1 is 1.17 bits per heavy atom. The highest BCUT2D eigenvalue weighted by Crippen LogP contribution is 1.91. The molecule has 3 heteroatoms. The average molecular weight is 188 g/mol. The number of rotatable bonds is 8. The molecule has 0 radical (unpaired) electrons. The molecule has 12 heavy (non-hydrogen) atoms. The number of hydrogen-bond acceptors (Lipinski definition) is 2. The van der Waals surface area contributed by atoms with Crippen molar-refractivity contribution in [3.63, 3.8) is 0 Å². The highest BCUT2D eigenvalue weighted by Gasteiger charge is 1.96. The molecule has 0 bridgehead atoms. The van der Waals surface area contributed by atoms with Crippen molar-refractivity contribution in [2.45, 2.75) is 39.7 Å². The van der Waals surface area contributed by atoms with Crippen LogP contribution in [-0.4, -0.2) is 34.3 Å². The van der Waals surface area contributed by atoms with Gasteiger partial charge in [0.05, 0.1) is 9.68 Å². The molecule has 0 spiro atoms. The smallest absolute Gasteiger partial charge is 0.0930 e. The second-order valence-corrected chi connectivity index (χ2v) is 4.88. The van der Waals surface area contributed by atoms with Crippen LogP contribution in [0, 0.1) is 0 Å². The van der Waals surface area contributed by atoms with Gasteiger partial charge in [-0.1, -0.05) is 33.6 Å². The molecule has 0 atom stereocenters. The standard InChI is InChI=1S/C9H24N2Si/c1-4-7-8-12-10-9-11(5-2)6-3/h10H,4-9,12H2,1-3H3. The molecule has 2 nitrogen and oxygen atoms in total. The second kappa shape index (κ2) is 9.23. The minimum absolute atomic E-state index is 0.0472. The summed E-state index contributed by atoms with van der Waals surface area (Å²) in [5.41, 5.74) is 0. The molecule has 0 saturated heterocycles. The van der Waals surface area contributed by atoms with Crippen molar-refractivity contribution < 1.29 is 0 Å². The molecule has 0 aliphatic heterocycles. The van der Waals surface area contributed by atoms with Crippen molar-refractivity contribution in [2.75, 3.05) is 19.8 Å². The molecule has 0 heterocycles. The van der Waals surface area contributed by atoms with Gasteiger partial charge in [-0.25, -0.2) is 0 Å². The third-order valence-corrected chi connectivity index (χ3v) is 3.62. The van der Waals surface area contributed by atoms with Gasteiger partial charge in [0.2, 0.25) is 0 Å². The first-order valence-electron chi connectivity index (χ1n) is 5.28. The summed E-state index contributed by atoms with van der Waals surface area (Å²) in [6.45, 7) is 10.2. The van der Waals surface area contributed by atoms with Crippen molar-refractivity contribution in [1.29, 1.82) is 0 Å². The van der Waals surface area contributed by atoms with Crippen LogP contribution in [0.4, 0.5) is 0 Å². The Kier molecular flexibility index (Phi) is 9.33. The molecular formula is C9H24N2Si. The maximum absolute atomic E-state index is 3.59. The summed E-state index contributed by atoms with van der Waals surface area (Å²) in [7, 11) is 0.0472. The van der Waals surface area contributed by atoms with Crippen LogP contribution >= 0.6 is 0 Å². The number of hydrogen-bond donors (Lipinski definition) is 1. The molecule has 0 aromatic heterocycles. The van der Waals surface area contributed by atoms with Gasteiger partial charge in [-0.2, -0.15) is 0 Å². The summed E-state index contributed by atoms with van der Waals surface area (Å²) >= 11 is 0. The fourth-order valence-electron chi connectivity index (χ4n) is 1.18. The van der Waals surface area contributed by atoms with E-state index in [9.17, 15) is 0 Å². The third kappa shape index (κ3) is 6.82. The van der Waals surface area contributed by atoms with E-state index in [4.69, 9.17) is 0 Å². The van der Waals surface area contributed by atoms with Gasteiger partial charge in [0, 0.05) is 6.67 Å². The minimum Gasteiger partial charge on any atom is -0.331 e. The predicted molar refractivity (Wildman–Crippen MR) is 59.2 cm³/mol. The van der Waals surface area contributed by atoms with Crippen LogP contribution in [0.15, 0.2) is 0 Å². The van der Waals surface area contributed by atoms with E-state index >= 15 is 0 Å². The zero-order chi connectivity index (χ0) is 9.23. The third-order valence-electron chi connectivity index (χ3n) is 2.19. The van der Waals surface area contributed by atoms with Crippen molar-refractivity contribution in [1.82, 2.24) is 9.88 Å². The van der Waals surface area contributed by atoms with E-state index in [1.807, 2.05) is 0 Å². The summed E-state index contributed by atoms with van der Waals surface area (Å²) in [5.74, 6) is 0. The van der Waals surface area contributed by atoms with E-state index in [2.05, 4.69) is 30.7 Å². The molecule has 0 aromatic rings. The Balaban J connectivity index is 3.06. The van der Waals surface area contributed by atoms with Crippen molar-refractivity contribution >= 4 is 9.68 Å². The Labute approximate surface area is 79.6 Å².